The van der Waals surface area contributed by atoms with Crippen LogP contribution in [0.1, 0.15) is 39.1 Å². The van der Waals surface area contributed by atoms with Crippen LogP contribution in [0.3, 0.4) is 0 Å². The van der Waals surface area contributed by atoms with Crippen LogP contribution < -0.4 is 0 Å². The third kappa shape index (κ3) is 3.05. The highest BCUT2D eigenvalue weighted by Crippen LogP contribution is 2.27. The molecule has 0 radical (unpaired) electrons. The molecule has 22 heavy (non-hydrogen) atoms. The molecule has 3 heterocycles. The van der Waals surface area contributed by atoms with E-state index >= 15 is 0 Å². The van der Waals surface area contributed by atoms with Crippen molar-refractivity contribution in [3.05, 3.63) is 33.5 Å². The van der Waals surface area contributed by atoms with Gasteiger partial charge in [-0.15, -0.1) is 11.3 Å². The molecule has 3 rings (SSSR count). The van der Waals surface area contributed by atoms with Crippen LogP contribution in [0.2, 0.25) is 0 Å². The lowest BCUT2D eigenvalue weighted by Gasteiger charge is -2.16. The minimum atomic E-state index is -0.0133. The number of carbonyl (C=O) groups excluding carboxylic acids is 1. The van der Waals surface area contributed by atoms with Gasteiger partial charge >= 0.3 is 0 Å². The number of aryl methyl sites for hydroxylation is 2. The van der Waals surface area contributed by atoms with Crippen LogP contribution in [0.4, 0.5) is 0 Å². The van der Waals surface area contributed by atoms with Crippen LogP contribution in [-0.4, -0.2) is 45.8 Å². The van der Waals surface area contributed by atoms with Crippen LogP contribution in [0, 0.1) is 6.92 Å². The highest BCUT2D eigenvalue weighted by atomic mass is 32.1. The number of ether oxygens (including phenoxy) is 1. The van der Waals surface area contributed by atoms with Crippen molar-refractivity contribution in [2.45, 2.75) is 25.8 Å². The number of amides is 1. The predicted molar refractivity (Wildman–Crippen MR) is 84.0 cm³/mol. The number of carbonyl (C=O) groups is 1. The molecular formula is C15H20N4O2S. The Morgan fingerprint density at radius 1 is 1.59 bits per heavy atom. The molecule has 1 aliphatic rings. The molecule has 1 unspecified atom stereocenters. The van der Waals surface area contributed by atoms with Crippen LogP contribution in [0.5, 0.6) is 0 Å². The van der Waals surface area contributed by atoms with E-state index < -0.39 is 0 Å². The van der Waals surface area contributed by atoms with Gasteiger partial charge in [0.25, 0.3) is 5.91 Å². The first-order valence-electron chi connectivity index (χ1n) is 7.32. The summed E-state index contributed by atoms with van der Waals surface area (Å²) >= 11 is 1.60. The molecule has 1 aliphatic heterocycles. The first-order chi connectivity index (χ1) is 10.5. The zero-order valence-electron chi connectivity index (χ0n) is 13.1. The van der Waals surface area contributed by atoms with Crippen LogP contribution in [0.25, 0.3) is 0 Å². The van der Waals surface area contributed by atoms with E-state index in [2.05, 4.69) is 10.1 Å². The molecule has 1 amide bonds. The first kappa shape index (κ1) is 15.2. The molecule has 7 heteroatoms. The van der Waals surface area contributed by atoms with E-state index in [4.69, 9.17) is 4.74 Å². The topological polar surface area (TPSA) is 60.2 Å². The number of nitrogens with zero attached hydrogens (tertiary/aromatic N) is 4. The minimum absolute atomic E-state index is 0.0133. The molecule has 0 spiro atoms. The third-order valence-corrected chi connectivity index (χ3v) is 4.64. The second-order valence-electron chi connectivity index (χ2n) is 5.68. The van der Waals surface area contributed by atoms with Gasteiger partial charge in [0.05, 0.1) is 35.1 Å². The Balaban J connectivity index is 1.79. The van der Waals surface area contributed by atoms with Crippen molar-refractivity contribution < 1.29 is 9.53 Å². The summed E-state index contributed by atoms with van der Waals surface area (Å²) in [6.45, 7) is 3.86. The maximum atomic E-state index is 12.8. The van der Waals surface area contributed by atoms with E-state index in [1.54, 1.807) is 34.2 Å². The summed E-state index contributed by atoms with van der Waals surface area (Å²) in [5.41, 5.74) is 2.45. The van der Waals surface area contributed by atoms with E-state index in [-0.39, 0.29) is 11.8 Å². The van der Waals surface area contributed by atoms with Gasteiger partial charge in [0, 0.05) is 38.2 Å². The summed E-state index contributed by atoms with van der Waals surface area (Å²) in [6, 6.07) is 0. The summed E-state index contributed by atoms with van der Waals surface area (Å²) in [7, 11) is 3.65. The first-order valence-corrected chi connectivity index (χ1v) is 8.20. The highest BCUT2D eigenvalue weighted by Gasteiger charge is 2.28. The monoisotopic (exact) mass is 320 g/mol. The fourth-order valence-electron chi connectivity index (χ4n) is 2.72. The lowest BCUT2D eigenvalue weighted by molar-refractivity contribution is 0.0781. The molecule has 1 fully saturated rings. The lowest BCUT2D eigenvalue weighted by atomic mass is 10.0. The van der Waals surface area contributed by atoms with Crippen molar-refractivity contribution in [2.24, 2.45) is 7.05 Å². The van der Waals surface area contributed by atoms with Gasteiger partial charge in [-0.2, -0.15) is 5.10 Å². The average Bonchev–Trinajstić information content (AvgIpc) is 3.18. The normalized spacial score (nSPS) is 17.9. The molecule has 1 atom stereocenters. The summed E-state index contributed by atoms with van der Waals surface area (Å²) in [6.07, 6.45) is 2.73. The second-order valence-corrected chi connectivity index (χ2v) is 6.74. The molecule has 2 aromatic rings. The number of aromatic nitrogens is 3. The quantitative estimate of drug-likeness (QED) is 0.864. The largest absolute Gasteiger partial charge is 0.381 e. The van der Waals surface area contributed by atoms with Crippen LogP contribution in [-0.2, 0) is 18.3 Å². The van der Waals surface area contributed by atoms with Gasteiger partial charge < -0.3 is 9.64 Å². The minimum Gasteiger partial charge on any atom is -0.381 e. The maximum Gasteiger partial charge on any atom is 0.257 e. The van der Waals surface area contributed by atoms with Crippen LogP contribution in [0.15, 0.2) is 11.6 Å². The molecule has 0 N–H and O–H groups in total. The standard InChI is InChI=1S/C15H20N4O2S/c1-10-16-12(9-22-10)6-18(2)15(20)13-7-19(3)17-14(13)11-4-5-21-8-11/h7,9,11H,4-6,8H2,1-3H3. The summed E-state index contributed by atoms with van der Waals surface area (Å²) < 4.78 is 7.14. The van der Waals surface area contributed by atoms with Gasteiger partial charge in [-0.3, -0.25) is 9.48 Å². The summed E-state index contributed by atoms with van der Waals surface area (Å²) in [4.78, 5) is 18.9. The molecule has 0 aromatic carbocycles. The molecule has 2 aromatic heterocycles. The molecule has 118 valence electrons. The Morgan fingerprint density at radius 2 is 2.41 bits per heavy atom. The van der Waals surface area contributed by atoms with Crippen molar-refractivity contribution in [3.8, 4) is 0 Å². The number of hydrogen-bond donors (Lipinski definition) is 0. The maximum absolute atomic E-state index is 12.8. The Bertz CT molecular complexity index is 673. The second kappa shape index (κ2) is 6.18. The Labute approximate surface area is 133 Å². The van der Waals surface area contributed by atoms with E-state index in [1.165, 1.54) is 0 Å². The van der Waals surface area contributed by atoms with E-state index in [1.807, 2.05) is 19.4 Å². The van der Waals surface area contributed by atoms with Crippen molar-refractivity contribution >= 4 is 17.2 Å². The van der Waals surface area contributed by atoms with Gasteiger partial charge in [-0.1, -0.05) is 0 Å². The van der Waals surface area contributed by atoms with Gasteiger partial charge in [0.15, 0.2) is 0 Å². The number of hydrogen-bond acceptors (Lipinski definition) is 5. The van der Waals surface area contributed by atoms with E-state index in [0.717, 1.165) is 29.4 Å². The van der Waals surface area contributed by atoms with Gasteiger partial charge in [0.2, 0.25) is 0 Å². The van der Waals surface area contributed by atoms with Crippen molar-refractivity contribution in [1.82, 2.24) is 19.7 Å². The zero-order valence-corrected chi connectivity index (χ0v) is 13.9. The van der Waals surface area contributed by atoms with E-state index in [9.17, 15) is 4.79 Å². The highest BCUT2D eigenvalue weighted by molar-refractivity contribution is 7.09. The molecule has 0 aliphatic carbocycles. The fraction of sp³-hybridized carbons (Fsp3) is 0.533. The summed E-state index contributed by atoms with van der Waals surface area (Å²) in [5, 5.41) is 7.49. The average molecular weight is 320 g/mol. The third-order valence-electron chi connectivity index (χ3n) is 3.82. The van der Waals surface area contributed by atoms with Crippen molar-refractivity contribution in [3.63, 3.8) is 0 Å². The number of thiazole rings is 1. The predicted octanol–water partition coefficient (Wildman–Crippen LogP) is 1.96. The zero-order chi connectivity index (χ0) is 15.7. The van der Waals surface area contributed by atoms with Crippen molar-refractivity contribution in [1.29, 1.82) is 0 Å². The molecule has 0 bridgehead atoms. The van der Waals surface area contributed by atoms with Crippen LogP contribution >= 0.6 is 11.3 Å². The Kier molecular flexibility index (Phi) is 4.26. The molecule has 0 saturated carbocycles. The Morgan fingerprint density at radius 3 is 3.05 bits per heavy atom. The number of rotatable bonds is 4. The van der Waals surface area contributed by atoms with E-state index in [0.29, 0.717) is 18.7 Å². The Hall–Kier alpha value is -1.73. The van der Waals surface area contributed by atoms with Gasteiger partial charge in [0.1, 0.15) is 0 Å². The van der Waals surface area contributed by atoms with Crippen molar-refractivity contribution in [2.75, 3.05) is 20.3 Å². The molecular weight excluding hydrogens is 300 g/mol. The SMILES string of the molecule is Cc1nc(CN(C)C(=O)c2cn(C)nc2C2CCOC2)cs1. The van der Waals surface area contributed by atoms with Gasteiger partial charge in [-0.05, 0) is 13.3 Å². The van der Waals surface area contributed by atoms with Gasteiger partial charge in [-0.25, -0.2) is 4.98 Å². The fourth-order valence-corrected chi connectivity index (χ4v) is 3.33. The molecule has 1 saturated heterocycles. The smallest absolute Gasteiger partial charge is 0.257 e. The summed E-state index contributed by atoms with van der Waals surface area (Å²) in [5.74, 6) is 0.204. The molecule has 6 nitrogen and oxygen atoms in total. The lowest BCUT2D eigenvalue weighted by Crippen LogP contribution is -2.27.